The van der Waals surface area contributed by atoms with Crippen LogP contribution in [0.5, 0.6) is 5.75 Å². The third kappa shape index (κ3) is 2.79. The Hall–Kier alpha value is -2.65. The number of nitrogens with one attached hydrogen (secondary N) is 1. The lowest BCUT2D eigenvalue weighted by Gasteiger charge is -2.21. The summed E-state index contributed by atoms with van der Waals surface area (Å²) >= 11 is 0. The summed E-state index contributed by atoms with van der Waals surface area (Å²) in [4.78, 5) is 4.94. The lowest BCUT2D eigenvalue weighted by Crippen LogP contribution is -2.25. The second-order valence-electron chi connectivity index (χ2n) is 6.00. The predicted molar refractivity (Wildman–Crippen MR) is 97.1 cm³/mol. The largest absolute Gasteiger partial charge is 0.497 e. The van der Waals surface area contributed by atoms with E-state index in [1.807, 2.05) is 18.2 Å². The fourth-order valence-corrected chi connectivity index (χ4v) is 3.23. The molecule has 0 spiro atoms. The first-order valence-electron chi connectivity index (χ1n) is 8.28. The zero-order valence-electron chi connectivity index (χ0n) is 13.8. The Balaban J connectivity index is 1.87. The van der Waals surface area contributed by atoms with E-state index in [1.54, 1.807) is 7.11 Å². The van der Waals surface area contributed by atoms with Gasteiger partial charge < -0.3 is 10.1 Å². The van der Waals surface area contributed by atoms with E-state index in [0.717, 1.165) is 36.5 Å². The van der Waals surface area contributed by atoms with Crippen molar-refractivity contribution in [2.45, 2.75) is 13.0 Å². The van der Waals surface area contributed by atoms with Crippen LogP contribution in [0, 0.1) is 0 Å². The molecule has 2 aromatic carbocycles. The molecule has 2 heterocycles. The van der Waals surface area contributed by atoms with Crippen LogP contribution in [-0.2, 0) is 13.0 Å². The maximum Gasteiger partial charge on any atom is 0.118 e. The first-order valence-corrected chi connectivity index (χ1v) is 8.28. The normalized spacial score (nSPS) is 13.4. The molecule has 0 atom stereocenters. The average Bonchev–Trinajstić information content (AvgIpc) is 2.68. The van der Waals surface area contributed by atoms with Gasteiger partial charge in [-0.3, -0.25) is 4.98 Å². The molecule has 3 aromatic rings. The number of benzene rings is 2. The Bertz CT molecular complexity index is 842. The highest BCUT2D eigenvalue weighted by atomic mass is 16.5. The number of rotatable bonds is 3. The second kappa shape index (κ2) is 6.46. The van der Waals surface area contributed by atoms with Gasteiger partial charge in [0.15, 0.2) is 0 Å². The summed E-state index contributed by atoms with van der Waals surface area (Å²) in [7, 11) is 1.70. The van der Waals surface area contributed by atoms with E-state index in [1.165, 1.54) is 22.4 Å². The van der Waals surface area contributed by atoms with E-state index in [-0.39, 0.29) is 0 Å². The van der Waals surface area contributed by atoms with Crippen molar-refractivity contribution >= 4 is 0 Å². The molecule has 0 saturated heterocycles. The molecular formula is C21H20N2O. The summed E-state index contributed by atoms with van der Waals surface area (Å²) in [5, 5.41) is 3.47. The molecule has 1 N–H and O–H groups in total. The lowest BCUT2D eigenvalue weighted by atomic mass is 9.93. The predicted octanol–water partition coefficient (Wildman–Crippen LogP) is 4.07. The zero-order chi connectivity index (χ0) is 16.4. The van der Waals surface area contributed by atoms with Gasteiger partial charge in [0, 0.05) is 30.8 Å². The topological polar surface area (TPSA) is 34.1 Å². The Morgan fingerprint density at radius 2 is 1.75 bits per heavy atom. The molecule has 4 rings (SSSR count). The Labute approximate surface area is 142 Å². The molecular weight excluding hydrogens is 296 g/mol. The van der Waals surface area contributed by atoms with Gasteiger partial charge in [-0.1, -0.05) is 42.5 Å². The number of nitrogens with zero attached hydrogens (tertiary/aromatic N) is 1. The highest BCUT2D eigenvalue weighted by Crippen LogP contribution is 2.32. The van der Waals surface area contributed by atoms with Crippen LogP contribution in [0.2, 0.25) is 0 Å². The van der Waals surface area contributed by atoms with Crippen molar-refractivity contribution in [1.29, 1.82) is 0 Å². The van der Waals surface area contributed by atoms with Crippen LogP contribution in [0.4, 0.5) is 0 Å². The molecule has 24 heavy (non-hydrogen) atoms. The van der Waals surface area contributed by atoms with Gasteiger partial charge in [0.1, 0.15) is 5.75 Å². The molecule has 0 radical (unpaired) electrons. The second-order valence-corrected chi connectivity index (χ2v) is 6.00. The van der Waals surface area contributed by atoms with E-state index < -0.39 is 0 Å². The van der Waals surface area contributed by atoms with Gasteiger partial charge in [-0.05, 0) is 34.9 Å². The van der Waals surface area contributed by atoms with Crippen LogP contribution in [-0.4, -0.2) is 18.6 Å². The molecule has 1 aliphatic rings. The molecule has 1 aromatic heterocycles. The van der Waals surface area contributed by atoms with Crippen molar-refractivity contribution in [3.8, 4) is 28.1 Å². The summed E-state index contributed by atoms with van der Waals surface area (Å²) in [6, 6.07) is 20.9. The van der Waals surface area contributed by atoms with Crippen LogP contribution in [0.1, 0.15) is 11.3 Å². The first-order chi connectivity index (χ1) is 11.8. The van der Waals surface area contributed by atoms with Gasteiger partial charge in [-0.2, -0.15) is 0 Å². The number of ether oxygens (including phenoxy) is 1. The Kier molecular flexibility index (Phi) is 4.01. The minimum absolute atomic E-state index is 0.874. The quantitative estimate of drug-likeness (QED) is 0.791. The zero-order valence-corrected chi connectivity index (χ0v) is 13.8. The standard InChI is InChI=1S/C21H20N2O/c1-24-17-9-7-15(8-10-17)18-13-21(16-5-3-2-4-6-16)23-20-11-12-22-14-19(18)20/h2-10,13,22H,11-12,14H2,1H3. The number of fused-ring (bicyclic) bond motifs is 1. The van der Waals surface area contributed by atoms with Gasteiger partial charge >= 0.3 is 0 Å². The summed E-state index contributed by atoms with van der Waals surface area (Å²) in [6.45, 7) is 1.86. The van der Waals surface area contributed by atoms with Crippen molar-refractivity contribution in [3.63, 3.8) is 0 Å². The molecule has 0 unspecified atom stereocenters. The maximum absolute atomic E-state index is 5.29. The van der Waals surface area contributed by atoms with E-state index in [0.29, 0.717) is 0 Å². The number of hydrogen-bond acceptors (Lipinski definition) is 3. The van der Waals surface area contributed by atoms with Gasteiger partial charge in [-0.15, -0.1) is 0 Å². The third-order valence-electron chi connectivity index (χ3n) is 4.52. The molecule has 0 aliphatic carbocycles. The molecule has 0 bridgehead atoms. The Morgan fingerprint density at radius 3 is 2.50 bits per heavy atom. The van der Waals surface area contributed by atoms with E-state index in [9.17, 15) is 0 Å². The van der Waals surface area contributed by atoms with E-state index in [2.05, 4.69) is 47.8 Å². The lowest BCUT2D eigenvalue weighted by molar-refractivity contribution is 0.415. The summed E-state index contributed by atoms with van der Waals surface area (Å²) < 4.78 is 5.29. The molecule has 120 valence electrons. The fraction of sp³-hybridized carbons (Fsp3) is 0.190. The van der Waals surface area contributed by atoms with Crippen LogP contribution in [0.15, 0.2) is 60.7 Å². The highest BCUT2D eigenvalue weighted by molar-refractivity contribution is 5.74. The summed E-state index contributed by atoms with van der Waals surface area (Å²) in [6.07, 6.45) is 0.971. The van der Waals surface area contributed by atoms with Crippen LogP contribution >= 0.6 is 0 Å². The number of methoxy groups -OCH3 is 1. The van der Waals surface area contributed by atoms with Crippen molar-refractivity contribution in [3.05, 3.63) is 71.9 Å². The van der Waals surface area contributed by atoms with Crippen molar-refractivity contribution in [1.82, 2.24) is 10.3 Å². The van der Waals surface area contributed by atoms with Crippen molar-refractivity contribution in [2.75, 3.05) is 13.7 Å². The average molecular weight is 316 g/mol. The fourth-order valence-electron chi connectivity index (χ4n) is 3.23. The van der Waals surface area contributed by atoms with Crippen LogP contribution in [0.25, 0.3) is 22.4 Å². The van der Waals surface area contributed by atoms with E-state index in [4.69, 9.17) is 9.72 Å². The van der Waals surface area contributed by atoms with Crippen molar-refractivity contribution < 1.29 is 4.74 Å². The minimum atomic E-state index is 0.874. The Morgan fingerprint density at radius 1 is 0.958 bits per heavy atom. The van der Waals surface area contributed by atoms with Crippen LogP contribution in [0.3, 0.4) is 0 Å². The smallest absolute Gasteiger partial charge is 0.118 e. The van der Waals surface area contributed by atoms with Gasteiger partial charge in [0.2, 0.25) is 0 Å². The molecule has 0 amide bonds. The van der Waals surface area contributed by atoms with E-state index >= 15 is 0 Å². The number of aromatic nitrogens is 1. The first kappa shape index (κ1) is 14.9. The summed E-state index contributed by atoms with van der Waals surface area (Å²) in [5.74, 6) is 0.878. The molecule has 0 saturated carbocycles. The van der Waals surface area contributed by atoms with Crippen molar-refractivity contribution in [2.24, 2.45) is 0 Å². The SMILES string of the molecule is COc1ccc(-c2cc(-c3ccccc3)nc3c2CNCC3)cc1. The number of pyridine rings is 1. The molecule has 1 aliphatic heterocycles. The highest BCUT2D eigenvalue weighted by Gasteiger charge is 2.17. The molecule has 3 nitrogen and oxygen atoms in total. The third-order valence-corrected chi connectivity index (χ3v) is 4.52. The monoisotopic (exact) mass is 316 g/mol. The summed E-state index contributed by atoms with van der Waals surface area (Å²) in [5.41, 5.74) is 7.19. The van der Waals surface area contributed by atoms with Crippen LogP contribution < -0.4 is 10.1 Å². The van der Waals surface area contributed by atoms with Gasteiger partial charge in [-0.25, -0.2) is 0 Å². The molecule has 3 heteroatoms. The van der Waals surface area contributed by atoms with Gasteiger partial charge in [0.05, 0.1) is 12.8 Å². The minimum Gasteiger partial charge on any atom is -0.497 e. The molecule has 0 fully saturated rings. The van der Waals surface area contributed by atoms with Gasteiger partial charge in [0.25, 0.3) is 0 Å². The number of hydrogen-bond donors (Lipinski definition) is 1. The maximum atomic E-state index is 5.29.